The molecule has 242 valence electrons. The van der Waals surface area contributed by atoms with Crippen molar-refractivity contribution in [2.75, 3.05) is 16.3 Å². The fourth-order valence-corrected chi connectivity index (χ4v) is 8.17. The highest BCUT2D eigenvalue weighted by Gasteiger charge is 2.26. The largest absolute Gasteiger partial charge is 0.340 e. The van der Waals surface area contributed by atoms with E-state index in [1.165, 1.54) is 43.9 Å². The fourth-order valence-electron chi connectivity index (χ4n) is 8.17. The Balaban J connectivity index is 1.24. The summed E-state index contributed by atoms with van der Waals surface area (Å²) in [6.07, 6.45) is 1.03. The van der Waals surface area contributed by atoms with Gasteiger partial charge >= 0.3 is 0 Å². The third-order valence-corrected chi connectivity index (χ3v) is 10.5. The van der Waals surface area contributed by atoms with Crippen LogP contribution in [-0.4, -0.2) is 6.54 Å². The summed E-state index contributed by atoms with van der Waals surface area (Å²) < 4.78 is 17.4. The minimum absolute atomic E-state index is 0.259. The van der Waals surface area contributed by atoms with Gasteiger partial charge in [0.05, 0.1) is 11.4 Å². The van der Waals surface area contributed by atoms with Crippen LogP contribution in [0.1, 0.15) is 5.56 Å². The highest BCUT2D eigenvalue weighted by Crippen LogP contribution is 2.48. The monoisotopic (exact) mass is 656 g/mol. The van der Waals surface area contributed by atoms with E-state index in [2.05, 4.69) is 107 Å². The zero-order valence-corrected chi connectivity index (χ0v) is 27.9. The van der Waals surface area contributed by atoms with Crippen LogP contribution in [0.5, 0.6) is 0 Å². The predicted molar refractivity (Wildman–Crippen MR) is 213 cm³/mol. The third kappa shape index (κ3) is 4.77. The number of nitrogens with zero attached hydrogens (tertiary/aromatic N) is 2. The van der Waals surface area contributed by atoms with Crippen LogP contribution in [-0.2, 0) is 6.42 Å². The van der Waals surface area contributed by atoms with Crippen LogP contribution in [0.3, 0.4) is 0 Å². The van der Waals surface area contributed by atoms with Crippen LogP contribution in [0.25, 0.3) is 54.6 Å². The van der Waals surface area contributed by atoms with Gasteiger partial charge < -0.3 is 9.80 Å². The molecule has 10 rings (SSSR count). The summed E-state index contributed by atoms with van der Waals surface area (Å²) in [7, 11) is 0. The lowest BCUT2D eigenvalue weighted by atomic mass is 9.91. The molecule has 0 amide bonds. The first-order chi connectivity index (χ1) is 25.2. The number of para-hydroxylation sites is 2. The van der Waals surface area contributed by atoms with Gasteiger partial charge in [-0.3, -0.25) is 0 Å². The van der Waals surface area contributed by atoms with Crippen molar-refractivity contribution < 1.29 is 4.39 Å². The van der Waals surface area contributed by atoms with E-state index in [0.29, 0.717) is 11.3 Å². The van der Waals surface area contributed by atoms with Crippen molar-refractivity contribution in [3.05, 3.63) is 187 Å². The lowest BCUT2D eigenvalue weighted by Gasteiger charge is -2.29. The maximum Gasteiger partial charge on any atom is 0.155 e. The smallest absolute Gasteiger partial charge is 0.155 e. The van der Waals surface area contributed by atoms with E-state index in [1.54, 1.807) is 0 Å². The first kappa shape index (κ1) is 29.5. The van der Waals surface area contributed by atoms with E-state index in [-0.39, 0.29) is 5.82 Å². The molecular weight excluding hydrogens is 624 g/mol. The van der Waals surface area contributed by atoms with Gasteiger partial charge in [0.1, 0.15) is 0 Å². The van der Waals surface area contributed by atoms with Gasteiger partial charge in [0.2, 0.25) is 0 Å². The molecule has 0 saturated carbocycles. The molecule has 1 aliphatic heterocycles. The maximum absolute atomic E-state index is 17.4. The zero-order valence-electron chi connectivity index (χ0n) is 27.9. The number of anilines is 5. The van der Waals surface area contributed by atoms with Crippen molar-refractivity contribution in [1.29, 1.82) is 0 Å². The number of halogens is 1. The van der Waals surface area contributed by atoms with Crippen LogP contribution in [0, 0.1) is 5.82 Å². The molecule has 3 heteroatoms. The minimum atomic E-state index is -0.259. The number of benzene rings is 9. The topological polar surface area (TPSA) is 6.48 Å². The Labute approximate surface area is 296 Å². The van der Waals surface area contributed by atoms with E-state index >= 15 is 4.39 Å². The number of hydrogen-bond acceptors (Lipinski definition) is 2. The summed E-state index contributed by atoms with van der Waals surface area (Å²) in [5.41, 5.74) is 9.63. The van der Waals surface area contributed by atoms with Gasteiger partial charge in [-0.15, -0.1) is 0 Å². The van der Waals surface area contributed by atoms with Crippen LogP contribution < -0.4 is 9.80 Å². The summed E-state index contributed by atoms with van der Waals surface area (Å²) >= 11 is 0. The number of fused-ring (bicyclic) bond motifs is 1. The lowest BCUT2D eigenvalue weighted by Crippen LogP contribution is -2.14. The second-order valence-electron chi connectivity index (χ2n) is 13.4. The number of hydrogen-bond donors (Lipinski definition) is 0. The van der Waals surface area contributed by atoms with E-state index < -0.39 is 0 Å². The van der Waals surface area contributed by atoms with Crippen molar-refractivity contribution >= 4 is 60.8 Å². The average molecular weight is 657 g/mol. The minimum Gasteiger partial charge on any atom is -0.340 e. The van der Waals surface area contributed by atoms with Gasteiger partial charge in [0, 0.05) is 39.9 Å². The van der Waals surface area contributed by atoms with Crippen molar-refractivity contribution in [2.45, 2.75) is 6.42 Å². The van der Waals surface area contributed by atoms with Crippen molar-refractivity contribution in [3.8, 4) is 22.3 Å². The molecule has 2 nitrogen and oxygen atoms in total. The molecule has 0 radical (unpaired) electrons. The SMILES string of the molecule is Fc1c(-c2ccccc2)cc(-c2ccccc2)cc1N(c1ccccc1)c1ccc2ccc3c(N4CCc5ccccc54)ccc4ccc1c2c43. The summed E-state index contributed by atoms with van der Waals surface area (Å²) in [6.45, 7) is 0.955. The zero-order chi connectivity index (χ0) is 33.9. The van der Waals surface area contributed by atoms with Crippen LogP contribution in [0.15, 0.2) is 176 Å². The van der Waals surface area contributed by atoms with Gasteiger partial charge in [-0.1, -0.05) is 133 Å². The molecule has 0 spiro atoms. The summed E-state index contributed by atoms with van der Waals surface area (Å²) in [6, 6.07) is 60.9. The average Bonchev–Trinajstić information content (AvgIpc) is 3.63. The molecule has 0 aromatic heterocycles. The Morgan fingerprint density at radius 3 is 1.84 bits per heavy atom. The lowest BCUT2D eigenvalue weighted by molar-refractivity contribution is 0.632. The molecule has 9 aromatic carbocycles. The molecule has 0 aliphatic carbocycles. The Hall–Kier alpha value is -6.45. The van der Waals surface area contributed by atoms with Gasteiger partial charge in [-0.2, -0.15) is 0 Å². The van der Waals surface area contributed by atoms with Crippen LogP contribution in [0.2, 0.25) is 0 Å². The highest BCUT2D eigenvalue weighted by atomic mass is 19.1. The quantitative estimate of drug-likeness (QED) is 0.164. The molecule has 0 N–H and O–H groups in total. The van der Waals surface area contributed by atoms with Gasteiger partial charge in [-0.05, 0) is 92.7 Å². The molecule has 0 unspecified atom stereocenters. The molecule has 1 heterocycles. The summed E-state index contributed by atoms with van der Waals surface area (Å²) in [5.74, 6) is -0.259. The molecule has 9 aromatic rings. The Morgan fingerprint density at radius 1 is 0.471 bits per heavy atom. The van der Waals surface area contributed by atoms with Crippen LogP contribution >= 0.6 is 0 Å². The van der Waals surface area contributed by atoms with E-state index in [0.717, 1.165) is 46.4 Å². The normalized spacial score (nSPS) is 12.6. The molecule has 51 heavy (non-hydrogen) atoms. The Bertz CT molecular complexity index is 2700. The van der Waals surface area contributed by atoms with E-state index in [4.69, 9.17) is 0 Å². The van der Waals surface area contributed by atoms with Gasteiger partial charge in [0.25, 0.3) is 0 Å². The van der Waals surface area contributed by atoms with Crippen molar-refractivity contribution in [3.63, 3.8) is 0 Å². The molecule has 0 bridgehead atoms. The van der Waals surface area contributed by atoms with Gasteiger partial charge in [0.15, 0.2) is 5.82 Å². The molecule has 0 atom stereocenters. The maximum atomic E-state index is 17.4. The van der Waals surface area contributed by atoms with E-state index in [9.17, 15) is 0 Å². The van der Waals surface area contributed by atoms with Gasteiger partial charge in [-0.25, -0.2) is 4.39 Å². The summed E-state index contributed by atoms with van der Waals surface area (Å²) in [5, 5.41) is 7.12. The first-order valence-corrected chi connectivity index (χ1v) is 17.6. The fraction of sp³-hybridized carbons (Fsp3) is 0.0417. The molecule has 1 aliphatic rings. The molecule has 0 fully saturated rings. The molecular formula is C48H33FN2. The predicted octanol–water partition coefficient (Wildman–Crippen LogP) is 13.2. The standard InChI is InChI=1S/C48H33FN2/c49-48-41(33-14-6-2-7-15-33)30-37(32-12-4-1-5-13-32)31-45(48)51(38-17-8-3-9-18-38)44-27-23-36-20-24-39-43(50-29-28-34-16-10-11-19-42(34)50)26-22-35-21-25-40(44)47(36)46(35)39/h1-27,30-31H,28-29H2. The number of rotatable bonds is 6. The third-order valence-electron chi connectivity index (χ3n) is 10.5. The van der Waals surface area contributed by atoms with Crippen LogP contribution in [0.4, 0.5) is 32.8 Å². The first-order valence-electron chi connectivity index (χ1n) is 17.6. The Morgan fingerprint density at radius 2 is 1.08 bits per heavy atom. The second kappa shape index (κ2) is 11.9. The Kier molecular flexibility index (Phi) is 6.85. The van der Waals surface area contributed by atoms with E-state index in [1.807, 2.05) is 78.9 Å². The van der Waals surface area contributed by atoms with Crippen molar-refractivity contribution in [2.24, 2.45) is 0 Å². The highest BCUT2D eigenvalue weighted by molar-refractivity contribution is 6.28. The van der Waals surface area contributed by atoms with Crippen molar-refractivity contribution in [1.82, 2.24) is 0 Å². The second-order valence-corrected chi connectivity index (χ2v) is 13.4. The molecule has 0 saturated heterocycles. The summed E-state index contributed by atoms with van der Waals surface area (Å²) in [4.78, 5) is 4.58.